The molecule has 20 heavy (non-hydrogen) atoms. The van der Waals surface area contributed by atoms with Crippen molar-refractivity contribution in [3.63, 3.8) is 0 Å². The first-order chi connectivity index (χ1) is 9.58. The van der Waals surface area contributed by atoms with E-state index < -0.39 is 17.5 Å². The van der Waals surface area contributed by atoms with Crippen LogP contribution in [0.4, 0.5) is 4.79 Å². The topological polar surface area (TPSA) is 75.7 Å². The summed E-state index contributed by atoms with van der Waals surface area (Å²) < 4.78 is 4.53. The van der Waals surface area contributed by atoms with Crippen LogP contribution in [0.3, 0.4) is 0 Å². The van der Waals surface area contributed by atoms with Crippen LogP contribution in [0.2, 0.25) is 0 Å². The van der Waals surface area contributed by atoms with Crippen LogP contribution in [0.25, 0.3) is 0 Å². The number of thiophene rings is 1. The summed E-state index contributed by atoms with van der Waals surface area (Å²) in [5.41, 5.74) is -0.113. The fourth-order valence-corrected chi connectivity index (χ4v) is 3.88. The summed E-state index contributed by atoms with van der Waals surface area (Å²) in [5, 5.41) is 4.71. The first-order valence-electron chi connectivity index (χ1n) is 6.36. The van der Waals surface area contributed by atoms with Crippen molar-refractivity contribution in [2.24, 2.45) is 0 Å². The fourth-order valence-electron chi connectivity index (χ4n) is 2.88. The van der Waals surface area contributed by atoms with Crippen LogP contribution >= 0.6 is 11.3 Å². The molecule has 1 aliphatic carbocycles. The van der Waals surface area contributed by atoms with E-state index in [0.717, 1.165) is 28.2 Å². The molecular formula is C13H14N2O4S. The molecule has 1 aliphatic heterocycles. The molecule has 0 aromatic carbocycles. The number of nitrogens with zero attached hydrogens (tertiary/aromatic N) is 1. The number of amides is 3. The summed E-state index contributed by atoms with van der Waals surface area (Å²) >= 11 is 1.60. The number of rotatable bonds is 2. The number of methoxy groups -OCH3 is 1. The van der Waals surface area contributed by atoms with Crippen LogP contribution in [0.15, 0.2) is 11.4 Å². The highest BCUT2D eigenvalue weighted by molar-refractivity contribution is 7.10. The minimum absolute atomic E-state index is 0.345. The van der Waals surface area contributed by atoms with Crippen molar-refractivity contribution in [2.45, 2.75) is 24.8 Å². The third kappa shape index (κ3) is 1.73. The Morgan fingerprint density at radius 2 is 2.35 bits per heavy atom. The minimum Gasteiger partial charge on any atom is -0.468 e. The molecule has 0 saturated carbocycles. The quantitative estimate of drug-likeness (QED) is 0.652. The smallest absolute Gasteiger partial charge is 0.325 e. The van der Waals surface area contributed by atoms with Crippen LogP contribution in [-0.2, 0) is 26.3 Å². The second-order valence-corrected chi connectivity index (χ2v) is 5.91. The Morgan fingerprint density at radius 1 is 1.55 bits per heavy atom. The van der Waals surface area contributed by atoms with Gasteiger partial charge in [-0.25, -0.2) is 4.79 Å². The highest BCUT2D eigenvalue weighted by Gasteiger charge is 2.54. The molecule has 0 radical (unpaired) electrons. The van der Waals surface area contributed by atoms with Crippen LogP contribution < -0.4 is 5.32 Å². The zero-order chi connectivity index (χ0) is 14.3. The number of aryl methyl sites for hydroxylation is 1. The Bertz CT molecular complexity index is 597. The second-order valence-electron chi connectivity index (χ2n) is 4.91. The Hall–Kier alpha value is -1.89. The van der Waals surface area contributed by atoms with Gasteiger partial charge in [-0.1, -0.05) is 0 Å². The van der Waals surface area contributed by atoms with Crippen molar-refractivity contribution in [1.29, 1.82) is 0 Å². The first kappa shape index (κ1) is 13.1. The molecule has 1 spiro atoms. The molecule has 6 nitrogen and oxygen atoms in total. The van der Waals surface area contributed by atoms with Gasteiger partial charge in [0.2, 0.25) is 0 Å². The van der Waals surface area contributed by atoms with Crippen molar-refractivity contribution in [3.05, 3.63) is 21.9 Å². The second kappa shape index (κ2) is 4.59. The molecule has 3 amide bonds. The maximum Gasteiger partial charge on any atom is 0.325 e. The van der Waals surface area contributed by atoms with Gasteiger partial charge in [-0.05, 0) is 30.7 Å². The number of carbonyl (C=O) groups is 3. The van der Waals surface area contributed by atoms with Gasteiger partial charge in [0.25, 0.3) is 5.91 Å². The zero-order valence-corrected chi connectivity index (χ0v) is 11.8. The molecule has 3 rings (SSSR count). The van der Waals surface area contributed by atoms with Crippen molar-refractivity contribution in [2.75, 3.05) is 13.7 Å². The number of imide groups is 1. The Balaban J connectivity index is 1.96. The lowest BCUT2D eigenvalue weighted by Crippen LogP contribution is -2.46. The molecule has 1 aromatic heterocycles. The highest BCUT2D eigenvalue weighted by atomic mass is 32.1. The van der Waals surface area contributed by atoms with Gasteiger partial charge >= 0.3 is 12.0 Å². The molecule has 1 fully saturated rings. The number of carbonyl (C=O) groups excluding carboxylic acids is 3. The van der Waals surface area contributed by atoms with Crippen molar-refractivity contribution in [3.8, 4) is 0 Å². The molecule has 106 valence electrons. The minimum atomic E-state index is -0.987. The summed E-state index contributed by atoms with van der Waals surface area (Å²) in [5.74, 6) is -0.959. The zero-order valence-electron chi connectivity index (χ0n) is 11.0. The average molecular weight is 294 g/mol. The van der Waals surface area contributed by atoms with E-state index >= 15 is 0 Å². The monoisotopic (exact) mass is 294 g/mol. The van der Waals surface area contributed by atoms with E-state index in [1.807, 2.05) is 11.4 Å². The summed E-state index contributed by atoms with van der Waals surface area (Å²) in [6.45, 7) is -0.345. The number of ether oxygens (including phenoxy) is 1. The molecule has 1 saturated heterocycles. The lowest BCUT2D eigenvalue weighted by molar-refractivity contribution is -0.145. The summed E-state index contributed by atoms with van der Waals surface area (Å²) in [6, 6.07) is 1.36. The molecule has 7 heteroatoms. The predicted octanol–water partition coefficient (Wildman–Crippen LogP) is 1.00. The maximum atomic E-state index is 12.6. The van der Waals surface area contributed by atoms with E-state index in [4.69, 9.17) is 0 Å². The van der Waals surface area contributed by atoms with Crippen molar-refractivity contribution in [1.82, 2.24) is 10.2 Å². The van der Waals surface area contributed by atoms with E-state index in [1.165, 1.54) is 7.11 Å². The Labute approximate surface area is 119 Å². The molecule has 1 unspecified atom stereocenters. The van der Waals surface area contributed by atoms with Gasteiger partial charge in [0.1, 0.15) is 12.1 Å². The molecule has 1 aromatic rings. The van der Waals surface area contributed by atoms with Gasteiger partial charge < -0.3 is 10.1 Å². The average Bonchev–Trinajstić information content (AvgIpc) is 3.00. The van der Waals surface area contributed by atoms with E-state index in [9.17, 15) is 14.4 Å². The van der Waals surface area contributed by atoms with Crippen LogP contribution in [0.5, 0.6) is 0 Å². The predicted molar refractivity (Wildman–Crippen MR) is 71.2 cm³/mol. The molecular weight excluding hydrogens is 280 g/mol. The number of hydrogen-bond donors (Lipinski definition) is 1. The lowest BCUT2D eigenvalue weighted by atomic mass is 9.80. The maximum absolute atomic E-state index is 12.6. The number of nitrogens with one attached hydrogen (secondary N) is 1. The highest BCUT2D eigenvalue weighted by Crippen LogP contribution is 2.41. The lowest BCUT2D eigenvalue weighted by Gasteiger charge is -2.31. The number of fused-ring (bicyclic) bond motifs is 2. The molecule has 1 N–H and O–H groups in total. The standard InChI is InChI=1S/C13H14N2O4S/c1-19-10(16)7-15-11(17)13(14-12(15)18)5-2-3-9-8(13)4-6-20-9/h4,6H,2-3,5,7H2,1H3,(H,14,18). The number of hydrogen-bond acceptors (Lipinski definition) is 5. The Morgan fingerprint density at radius 3 is 3.10 bits per heavy atom. The normalized spacial score (nSPS) is 24.8. The van der Waals surface area contributed by atoms with Crippen LogP contribution in [0, 0.1) is 0 Å². The van der Waals surface area contributed by atoms with Crippen molar-refractivity contribution >= 4 is 29.2 Å². The number of urea groups is 1. The Kier molecular flexibility index (Phi) is 3.01. The fraction of sp³-hybridized carbons (Fsp3) is 0.462. The van der Waals surface area contributed by atoms with Gasteiger partial charge in [0.05, 0.1) is 7.11 Å². The SMILES string of the molecule is COC(=O)CN1C(=O)NC2(CCCc3sccc32)C1=O. The van der Waals surface area contributed by atoms with Gasteiger partial charge in [0.15, 0.2) is 0 Å². The van der Waals surface area contributed by atoms with Gasteiger partial charge in [-0.2, -0.15) is 0 Å². The van der Waals surface area contributed by atoms with E-state index in [2.05, 4.69) is 10.1 Å². The number of esters is 1. The van der Waals surface area contributed by atoms with E-state index in [0.29, 0.717) is 6.42 Å². The molecule has 2 heterocycles. The third-order valence-electron chi connectivity index (χ3n) is 3.85. The van der Waals surface area contributed by atoms with Gasteiger partial charge in [0, 0.05) is 10.4 Å². The summed E-state index contributed by atoms with van der Waals surface area (Å²) in [4.78, 5) is 38.1. The molecule has 2 aliphatic rings. The third-order valence-corrected chi connectivity index (χ3v) is 4.83. The van der Waals surface area contributed by atoms with Crippen LogP contribution in [0.1, 0.15) is 23.3 Å². The largest absolute Gasteiger partial charge is 0.468 e. The van der Waals surface area contributed by atoms with Crippen LogP contribution in [-0.4, -0.2) is 36.5 Å². The van der Waals surface area contributed by atoms with Gasteiger partial charge in [-0.3, -0.25) is 14.5 Å². The van der Waals surface area contributed by atoms with Gasteiger partial charge in [-0.15, -0.1) is 11.3 Å². The molecule has 1 atom stereocenters. The summed E-state index contributed by atoms with van der Waals surface area (Å²) in [7, 11) is 1.23. The van der Waals surface area contributed by atoms with Crippen molar-refractivity contribution < 1.29 is 19.1 Å². The molecule has 0 bridgehead atoms. The summed E-state index contributed by atoms with van der Waals surface area (Å²) in [6.07, 6.45) is 2.33. The first-order valence-corrected chi connectivity index (χ1v) is 7.24. The van der Waals surface area contributed by atoms with E-state index in [-0.39, 0.29) is 12.5 Å². The van der Waals surface area contributed by atoms with E-state index in [1.54, 1.807) is 11.3 Å².